The van der Waals surface area contributed by atoms with Gasteiger partial charge in [0.05, 0.1) is 16.9 Å². The molecule has 2 heterocycles. The zero-order valence-corrected chi connectivity index (χ0v) is 14.9. The number of nitrogens with one attached hydrogen (secondary N) is 2. The SMILES string of the molecule is O=C1CC(=O)N(c2ccc(F)c(-c3nnn[nH]3)c2)c2ccc3ccccc3c2N1.[NaH]. The molecule has 0 radical (unpaired) electrons. The Hall–Kier alpha value is -3.14. The average molecular weight is 412 g/mol. The molecule has 144 valence electrons. The number of fused-ring (bicyclic) bond motifs is 3. The number of amides is 2. The van der Waals surface area contributed by atoms with Crippen LogP contribution in [0.4, 0.5) is 21.5 Å². The molecule has 0 spiro atoms. The van der Waals surface area contributed by atoms with Crippen molar-refractivity contribution in [2.24, 2.45) is 0 Å². The van der Waals surface area contributed by atoms with E-state index in [9.17, 15) is 14.0 Å². The molecule has 1 aliphatic rings. The number of tetrazole rings is 1. The van der Waals surface area contributed by atoms with Crippen LogP contribution < -0.4 is 10.2 Å². The number of benzene rings is 3. The fourth-order valence-electron chi connectivity index (χ4n) is 3.50. The average Bonchev–Trinajstić information content (AvgIpc) is 3.21. The van der Waals surface area contributed by atoms with Crippen molar-refractivity contribution in [3.8, 4) is 11.4 Å². The maximum absolute atomic E-state index is 14.4. The summed E-state index contributed by atoms with van der Waals surface area (Å²) in [6, 6.07) is 15.4. The first-order chi connectivity index (χ1) is 14.1. The van der Waals surface area contributed by atoms with Crippen LogP contribution in [0, 0.1) is 5.82 Å². The van der Waals surface area contributed by atoms with E-state index in [2.05, 4.69) is 25.9 Å². The van der Waals surface area contributed by atoms with Crippen LogP contribution in [0.2, 0.25) is 0 Å². The monoisotopic (exact) mass is 412 g/mol. The van der Waals surface area contributed by atoms with Gasteiger partial charge in [-0.1, -0.05) is 30.3 Å². The van der Waals surface area contributed by atoms with Gasteiger partial charge in [0.2, 0.25) is 11.8 Å². The number of carbonyl (C=O) groups excluding carboxylic acids is 2. The Morgan fingerprint density at radius 1 is 1.03 bits per heavy atom. The molecule has 0 unspecified atom stereocenters. The van der Waals surface area contributed by atoms with Crippen LogP contribution in [0.25, 0.3) is 22.2 Å². The van der Waals surface area contributed by atoms with Crippen LogP contribution in [-0.4, -0.2) is 62.0 Å². The van der Waals surface area contributed by atoms with Crippen LogP contribution in [-0.2, 0) is 9.59 Å². The fourth-order valence-corrected chi connectivity index (χ4v) is 3.50. The molecule has 2 amide bonds. The number of carbonyl (C=O) groups is 2. The normalized spacial score (nSPS) is 13.4. The van der Waals surface area contributed by atoms with E-state index in [-0.39, 0.29) is 47.4 Å². The van der Waals surface area contributed by atoms with Crippen LogP contribution in [0.5, 0.6) is 0 Å². The van der Waals surface area contributed by atoms with Gasteiger partial charge in [0.1, 0.15) is 12.2 Å². The van der Waals surface area contributed by atoms with E-state index in [4.69, 9.17) is 0 Å². The van der Waals surface area contributed by atoms with Crippen molar-refractivity contribution in [1.82, 2.24) is 20.6 Å². The molecule has 4 aromatic rings. The molecule has 8 nitrogen and oxygen atoms in total. The van der Waals surface area contributed by atoms with E-state index in [1.165, 1.54) is 23.1 Å². The second-order valence-corrected chi connectivity index (χ2v) is 6.55. The first-order valence-electron chi connectivity index (χ1n) is 8.80. The van der Waals surface area contributed by atoms with Gasteiger partial charge >= 0.3 is 29.6 Å². The molecule has 0 aliphatic carbocycles. The van der Waals surface area contributed by atoms with Gasteiger partial charge in [-0.05, 0) is 40.1 Å². The van der Waals surface area contributed by atoms with Crippen molar-refractivity contribution in [2.45, 2.75) is 6.42 Å². The second kappa shape index (κ2) is 7.94. The summed E-state index contributed by atoms with van der Waals surface area (Å²) in [6.45, 7) is 0. The first-order valence-corrected chi connectivity index (χ1v) is 8.80. The predicted octanol–water partition coefficient (Wildman–Crippen LogP) is 2.52. The van der Waals surface area contributed by atoms with Gasteiger partial charge in [0.15, 0.2) is 5.82 Å². The van der Waals surface area contributed by atoms with E-state index < -0.39 is 17.6 Å². The molecule has 0 fully saturated rings. The number of anilines is 3. The quantitative estimate of drug-likeness (QED) is 0.389. The Kier molecular flexibility index (Phi) is 5.33. The summed E-state index contributed by atoms with van der Waals surface area (Å²) in [5.74, 6) is -1.23. The minimum atomic E-state index is -0.539. The predicted molar refractivity (Wildman–Crippen MR) is 111 cm³/mol. The van der Waals surface area contributed by atoms with E-state index in [0.29, 0.717) is 17.1 Å². The zero-order chi connectivity index (χ0) is 20.0. The third-order valence-electron chi connectivity index (χ3n) is 4.78. The van der Waals surface area contributed by atoms with Crippen molar-refractivity contribution < 1.29 is 14.0 Å². The number of H-pyrrole nitrogens is 1. The van der Waals surface area contributed by atoms with Crippen molar-refractivity contribution in [3.63, 3.8) is 0 Å². The molecule has 1 aromatic heterocycles. The summed E-state index contributed by atoms with van der Waals surface area (Å²) >= 11 is 0. The molecule has 3 aromatic carbocycles. The number of hydrogen-bond donors (Lipinski definition) is 2. The Balaban J connectivity index is 0.00000218. The zero-order valence-electron chi connectivity index (χ0n) is 14.9. The molecule has 0 atom stereocenters. The number of rotatable bonds is 2. The summed E-state index contributed by atoms with van der Waals surface area (Å²) in [5.41, 5.74) is 1.56. The summed E-state index contributed by atoms with van der Waals surface area (Å²) in [4.78, 5) is 26.7. The topological polar surface area (TPSA) is 104 Å². The molecule has 1 aliphatic heterocycles. The summed E-state index contributed by atoms with van der Waals surface area (Å²) in [7, 11) is 0. The molecule has 0 saturated heterocycles. The Morgan fingerprint density at radius 3 is 2.67 bits per heavy atom. The van der Waals surface area contributed by atoms with E-state index in [0.717, 1.165) is 10.8 Å². The standard InChI is InChI=1S/C20H13FN6O2.Na.H/c21-15-7-6-12(9-14(15)20-23-25-26-24-20)27-16-8-5-11-3-1-2-4-13(11)19(16)22-17(28)10-18(27)29;;/h1-9H,10H2,(H,22,28)(H,23,24,25,26);;. The van der Waals surface area contributed by atoms with E-state index >= 15 is 0 Å². The van der Waals surface area contributed by atoms with Gasteiger partial charge in [0, 0.05) is 11.1 Å². The van der Waals surface area contributed by atoms with E-state index in [1.54, 1.807) is 6.07 Å². The summed E-state index contributed by atoms with van der Waals surface area (Å²) < 4.78 is 14.4. The van der Waals surface area contributed by atoms with Crippen molar-refractivity contribution in [2.75, 3.05) is 10.2 Å². The van der Waals surface area contributed by atoms with E-state index in [1.807, 2.05) is 30.3 Å². The van der Waals surface area contributed by atoms with Gasteiger partial charge in [-0.3, -0.25) is 14.5 Å². The Bertz CT molecular complexity index is 1280. The van der Waals surface area contributed by atoms with Gasteiger partial charge in [-0.25, -0.2) is 9.49 Å². The maximum atomic E-state index is 14.4. The number of hydrogen-bond acceptors (Lipinski definition) is 5. The van der Waals surface area contributed by atoms with Crippen molar-refractivity contribution in [1.29, 1.82) is 0 Å². The van der Waals surface area contributed by atoms with Crippen molar-refractivity contribution >= 4 is 69.2 Å². The molecule has 5 rings (SSSR count). The number of aromatic amines is 1. The molecule has 0 bridgehead atoms. The number of aromatic nitrogens is 4. The summed E-state index contributed by atoms with van der Waals surface area (Å²) in [6.07, 6.45) is -0.334. The molecular weight excluding hydrogens is 398 g/mol. The molecule has 30 heavy (non-hydrogen) atoms. The molecule has 10 heteroatoms. The molecular formula is C20H14FN6NaO2. The molecule has 2 N–H and O–H groups in total. The fraction of sp³-hybridized carbons (Fsp3) is 0.0500. The van der Waals surface area contributed by atoms with Crippen molar-refractivity contribution in [3.05, 3.63) is 60.4 Å². The van der Waals surface area contributed by atoms with Gasteiger partial charge in [0.25, 0.3) is 0 Å². The third-order valence-corrected chi connectivity index (χ3v) is 4.78. The Labute approximate surface area is 191 Å². The minimum absolute atomic E-state index is 0. The van der Waals surface area contributed by atoms with Crippen LogP contribution in [0.3, 0.4) is 0 Å². The van der Waals surface area contributed by atoms with Gasteiger partial charge < -0.3 is 5.32 Å². The molecule has 0 saturated carbocycles. The summed E-state index contributed by atoms with van der Waals surface area (Å²) in [5, 5.41) is 17.8. The Morgan fingerprint density at radius 2 is 1.87 bits per heavy atom. The first kappa shape index (κ1) is 20.1. The van der Waals surface area contributed by atoms with Gasteiger partial charge in [-0.2, -0.15) is 0 Å². The second-order valence-electron chi connectivity index (χ2n) is 6.55. The van der Waals surface area contributed by atoms with Crippen LogP contribution in [0.15, 0.2) is 54.6 Å². The number of nitrogens with zero attached hydrogens (tertiary/aromatic N) is 4. The number of halogens is 1. The van der Waals surface area contributed by atoms with Crippen LogP contribution in [0.1, 0.15) is 6.42 Å². The van der Waals surface area contributed by atoms with Gasteiger partial charge in [-0.15, -0.1) is 5.10 Å². The third kappa shape index (κ3) is 3.36. The van der Waals surface area contributed by atoms with Crippen LogP contribution >= 0.6 is 0 Å².